The summed E-state index contributed by atoms with van der Waals surface area (Å²) in [5.74, 6) is 0. The molecule has 1 N–H and O–H groups in total. The smallest absolute Gasteiger partial charge is 0.0848 e. The molecule has 2 aromatic rings. The molecule has 1 atom stereocenters. The lowest BCUT2D eigenvalue weighted by atomic mass is 10.0. The van der Waals surface area contributed by atoms with E-state index in [1.807, 2.05) is 36.7 Å². The van der Waals surface area contributed by atoms with Crippen molar-refractivity contribution in [2.24, 2.45) is 0 Å². The zero-order chi connectivity index (χ0) is 14.5. The molecule has 0 aliphatic heterocycles. The van der Waals surface area contributed by atoms with E-state index in [1.54, 1.807) is 0 Å². The summed E-state index contributed by atoms with van der Waals surface area (Å²) in [5, 5.41) is 15.3. The number of rotatable bonds is 6. The molecule has 0 radical (unpaired) electrons. The first-order valence-electron chi connectivity index (χ1n) is 7.05. The quantitative estimate of drug-likeness (QED) is 0.886. The van der Waals surface area contributed by atoms with E-state index in [4.69, 9.17) is 11.6 Å². The number of aliphatic hydroxyl groups excluding tert-OH is 1. The minimum atomic E-state index is -0.394. The Labute approximate surface area is 125 Å². The van der Waals surface area contributed by atoms with Crippen LogP contribution < -0.4 is 0 Å². The SMILES string of the molecule is CCn1nc(C)c(Cl)c1CC(O)CCc1ccccc1. The van der Waals surface area contributed by atoms with Crippen molar-refractivity contribution in [3.8, 4) is 0 Å². The molecule has 1 heterocycles. The van der Waals surface area contributed by atoms with E-state index in [0.717, 1.165) is 30.8 Å². The highest BCUT2D eigenvalue weighted by molar-refractivity contribution is 6.31. The van der Waals surface area contributed by atoms with E-state index >= 15 is 0 Å². The first-order chi connectivity index (χ1) is 9.61. The Morgan fingerprint density at radius 3 is 2.65 bits per heavy atom. The van der Waals surface area contributed by atoms with Gasteiger partial charge in [0.1, 0.15) is 0 Å². The summed E-state index contributed by atoms with van der Waals surface area (Å²) < 4.78 is 1.88. The highest BCUT2D eigenvalue weighted by atomic mass is 35.5. The molecule has 0 fully saturated rings. The van der Waals surface area contributed by atoms with Gasteiger partial charge in [-0.15, -0.1) is 0 Å². The maximum atomic E-state index is 10.2. The van der Waals surface area contributed by atoms with Gasteiger partial charge in [0.15, 0.2) is 0 Å². The fourth-order valence-electron chi connectivity index (χ4n) is 2.37. The van der Waals surface area contributed by atoms with Crippen molar-refractivity contribution >= 4 is 11.6 Å². The summed E-state index contributed by atoms with van der Waals surface area (Å²) in [7, 11) is 0. The van der Waals surface area contributed by atoms with Crippen molar-refractivity contribution in [1.82, 2.24) is 9.78 Å². The van der Waals surface area contributed by atoms with Gasteiger partial charge < -0.3 is 5.11 Å². The van der Waals surface area contributed by atoms with Crippen molar-refractivity contribution in [2.75, 3.05) is 0 Å². The maximum absolute atomic E-state index is 10.2. The van der Waals surface area contributed by atoms with Crippen LogP contribution in [0.4, 0.5) is 0 Å². The van der Waals surface area contributed by atoms with E-state index in [-0.39, 0.29) is 0 Å². The van der Waals surface area contributed by atoms with E-state index in [2.05, 4.69) is 17.2 Å². The van der Waals surface area contributed by atoms with Gasteiger partial charge in [-0.05, 0) is 32.3 Å². The molecule has 0 bridgehead atoms. The molecule has 0 spiro atoms. The van der Waals surface area contributed by atoms with Crippen molar-refractivity contribution in [2.45, 2.75) is 45.8 Å². The average Bonchev–Trinajstić information content (AvgIpc) is 2.74. The molecule has 0 saturated heterocycles. The highest BCUT2D eigenvalue weighted by Gasteiger charge is 2.16. The molecule has 1 aromatic carbocycles. The molecule has 0 saturated carbocycles. The van der Waals surface area contributed by atoms with E-state index < -0.39 is 6.10 Å². The third-order valence-electron chi connectivity index (χ3n) is 3.49. The number of aryl methyl sites for hydroxylation is 3. The Hall–Kier alpha value is -1.32. The summed E-state index contributed by atoms with van der Waals surface area (Å²) in [4.78, 5) is 0. The molecule has 1 aromatic heterocycles. The average molecular weight is 293 g/mol. The summed E-state index contributed by atoms with van der Waals surface area (Å²) in [6.07, 6.45) is 1.77. The molecular formula is C16H21ClN2O. The zero-order valence-electron chi connectivity index (χ0n) is 12.0. The van der Waals surface area contributed by atoms with Gasteiger partial charge in [0.05, 0.1) is 22.5 Å². The van der Waals surface area contributed by atoms with E-state index in [9.17, 15) is 5.11 Å². The molecule has 20 heavy (non-hydrogen) atoms. The van der Waals surface area contributed by atoms with Gasteiger partial charge in [-0.25, -0.2) is 0 Å². The number of halogens is 1. The molecular weight excluding hydrogens is 272 g/mol. The van der Waals surface area contributed by atoms with Crippen LogP contribution in [0.5, 0.6) is 0 Å². The van der Waals surface area contributed by atoms with Gasteiger partial charge in [0.2, 0.25) is 0 Å². The Balaban J connectivity index is 1.96. The molecule has 4 heteroatoms. The van der Waals surface area contributed by atoms with Crippen molar-refractivity contribution < 1.29 is 5.11 Å². The van der Waals surface area contributed by atoms with Crippen molar-refractivity contribution in [1.29, 1.82) is 0 Å². The fraction of sp³-hybridized carbons (Fsp3) is 0.438. The predicted molar refractivity (Wildman–Crippen MR) is 82.1 cm³/mol. The van der Waals surface area contributed by atoms with Crippen molar-refractivity contribution in [3.63, 3.8) is 0 Å². The number of aromatic nitrogens is 2. The topological polar surface area (TPSA) is 38.0 Å². The maximum Gasteiger partial charge on any atom is 0.0848 e. The number of aliphatic hydroxyl groups is 1. The van der Waals surface area contributed by atoms with Crippen LogP contribution in [0, 0.1) is 6.92 Å². The second-order valence-electron chi connectivity index (χ2n) is 5.04. The van der Waals surface area contributed by atoms with Gasteiger partial charge in [-0.2, -0.15) is 5.10 Å². The van der Waals surface area contributed by atoms with Gasteiger partial charge in [-0.1, -0.05) is 41.9 Å². The van der Waals surface area contributed by atoms with Crippen LogP contribution in [0.1, 0.15) is 30.3 Å². The van der Waals surface area contributed by atoms with E-state index in [0.29, 0.717) is 11.4 Å². The fourth-order valence-corrected chi connectivity index (χ4v) is 2.58. The third-order valence-corrected chi connectivity index (χ3v) is 3.98. The minimum Gasteiger partial charge on any atom is -0.393 e. The van der Waals surface area contributed by atoms with Crippen LogP contribution in [0.25, 0.3) is 0 Å². The molecule has 0 aliphatic carbocycles. The van der Waals surface area contributed by atoms with Gasteiger partial charge in [-0.3, -0.25) is 4.68 Å². The minimum absolute atomic E-state index is 0.394. The summed E-state index contributed by atoms with van der Waals surface area (Å²) >= 11 is 6.26. The monoisotopic (exact) mass is 292 g/mol. The zero-order valence-corrected chi connectivity index (χ0v) is 12.8. The molecule has 3 nitrogen and oxygen atoms in total. The van der Waals surface area contributed by atoms with Crippen LogP contribution in [0.15, 0.2) is 30.3 Å². The van der Waals surface area contributed by atoms with Crippen molar-refractivity contribution in [3.05, 3.63) is 52.3 Å². The number of nitrogens with zero attached hydrogens (tertiary/aromatic N) is 2. The first-order valence-corrected chi connectivity index (χ1v) is 7.43. The van der Waals surface area contributed by atoms with Crippen LogP contribution in [0.2, 0.25) is 5.02 Å². The lowest BCUT2D eigenvalue weighted by Gasteiger charge is -2.12. The van der Waals surface area contributed by atoms with Crippen LogP contribution in [-0.4, -0.2) is 21.0 Å². The molecule has 2 rings (SSSR count). The lowest BCUT2D eigenvalue weighted by Crippen LogP contribution is -2.15. The second kappa shape index (κ2) is 6.91. The largest absolute Gasteiger partial charge is 0.393 e. The molecule has 108 valence electrons. The molecule has 0 amide bonds. The van der Waals surface area contributed by atoms with Gasteiger partial charge in [0, 0.05) is 13.0 Å². The first kappa shape index (κ1) is 15.1. The second-order valence-corrected chi connectivity index (χ2v) is 5.42. The third kappa shape index (κ3) is 3.62. The normalized spacial score (nSPS) is 12.6. The number of hydrogen-bond acceptors (Lipinski definition) is 2. The van der Waals surface area contributed by atoms with Crippen LogP contribution >= 0.6 is 11.6 Å². The Kier molecular flexibility index (Phi) is 5.21. The Bertz CT molecular complexity index is 551. The molecule has 1 unspecified atom stereocenters. The predicted octanol–water partition coefficient (Wildman–Crippen LogP) is 3.40. The Morgan fingerprint density at radius 2 is 2.00 bits per heavy atom. The summed E-state index contributed by atoms with van der Waals surface area (Å²) in [6, 6.07) is 10.2. The van der Waals surface area contributed by atoms with Crippen LogP contribution in [-0.2, 0) is 19.4 Å². The lowest BCUT2D eigenvalue weighted by molar-refractivity contribution is 0.162. The standard InChI is InChI=1S/C16H21ClN2O/c1-3-19-15(16(17)12(2)18-19)11-14(20)10-9-13-7-5-4-6-8-13/h4-8,14,20H,3,9-11H2,1-2H3. The summed E-state index contributed by atoms with van der Waals surface area (Å²) in [5.41, 5.74) is 3.02. The molecule has 0 aliphatic rings. The number of hydrogen-bond donors (Lipinski definition) is 1. The van der Waals surface area contributed by atoms with Gasteiger partial charge >= 0.3 is 0 Å². The Morgan fingerprint density at radius 1 is 1.30 bits per heavy atom. The number of benzene rings is 1. The highest BCUT2D eigenvalue weighted by Crippen LogP contribution is 2.22. The summed E-state index contributed by atoms with van der Waals surface area (Å²) in [6.45, 7) is 4.70. The van der Waals surface area contributed by atoms with Gasteiger partial charge in [0.25, 0.3) is 0 Å². The van der Waals surface area contributed by atoms with E-state index in [1.165, 1.54) is 5.56 Å². The van der Waals surface area contributed by atoms with Crippen LogP contribution in [0.3, 0.4) is 0 Å².